The highest BCUT2D eigenvalue weighted by Gasteiger charge is 2.44. The largest absolute Gasteiger partial charge is 0.480 e. The van der Waals surface area contributed by atoms with Gasteiger partial charge in [0.1, 0.15) is 10.3 Å². The molecule has 5 nitrogen and oxygen atoms in total. The summed E-state index contributed by atoms with van der Waals surface area (Å²) in [6.07, 6.45) is 0.771. The van der Waals surface area contributed by atoms with E-state index in [-0.39, 0.29) is 9.58 Å². The smallest absolute Gasteiger partial charge is 0.322 e. The Hall–Kier alpha value is -0.570. The van der Waals surface area contributed by atoms with E-state index in [1.54, 1.807) is 19.1 Å². The first-order valence-electron chi connectivity index (χ1n) is 5.84. The molecule has 1 saturated heterocycles. The summed E-state index contributed by atoms with van der Waals surface area (Å²) in [5.74, 6) is -0.797. The highest BCUT2D eigenvalue weighted by molar-refractivity contribution is 8.01. The fourth-order valence-electron chi connectivity index (χ4n) is 1.96. The number of aliphatic carboxylic acids is 1. The lowest BCUT2D eigenvalue weighted by molar-refractivity contribution is -0.140. The average Bonchev–Trinajstić information content (AvgIpc) is 2.94. The zero-order valence-corrected chi connectivity index (χ0v) is 13.0. The molecule has 2 rings (SSSR count). The van der Waals surface area contributed by atoms with Crippen LogP contribution in [-0.4, -0.2) is 41.0 Å². The number of carboxylic acid groups (broad SMARTS) is 1. The Balaban J connectivity index is 2.40. The third-order valence-electron chi connectivity index (χ3n) is 2.96. The van der Waals surface area contributed by atoms with Crippen LogP contribution in [-0.2, 0) is 21.2 Å². The van der Waals surface area contributed by atoms with E-state index in [4.69, 9.17) is 5.11 Å². The van der Waals surface area contributed by atoms with Gasteiger partial charge in [0.2, 0.25) is 0 Å². The molecule has 0 saturated carbocycles. The summed E-state index contributed by atoms with van der Waals surface area (Å²) in [6.45, 7) is 3.68. The van der Waals surface area contributed by atoms with Crippen molar-refractivity contribution in [3.05, 3.63) is 17.0 Å². The molecular weight excluding hydrogens is 306 g/mol. The van der Waals surface area contributed by atoms with Gasteiger partial charge in [0.05, 0.1) is 5.37 Å². The molecule has 1 aromatic heterocycles. The number of rotatable bonds is 4. The van der Waals surface area contributed by atoms with E-state index in [0.717, 1.165) is 15.6 Å². The second-order valence-corrected chi connectivity index (χ2v) is 8.78. The minimum atomic E-state index is -3.72. The SMILES string of the molecule is CCc1ccc(S(=O)(=O)N2C(C)SCC2C(=O)O)s1. The van der Waals surface area contributed by atoms with Gasteiger partial charge in [-0.1, -0.05) is 6.92 Å². The van der Waals surface area contributed by atoms with Gasteiger partial charge in [-0.05, 0) is 25.5 Å². The molecular formula is C11H15NO4S3. The Morgan fingerprint density at radius 3 is 2.74 bits per heavy atom. The fourth-order valence-corrected chi connectivity index (χ4v) is 6.65. The van der Waals surface area contributed by atoms with Gasteiger partial charge >= 0.3 is 5.97 Å². The molecule has 8 heteroatoms. The molecule has 0 radical (unpaired) electrons. The van der Waals surface area contributed by atoms with Gasteiger partial charge in [-0.3, -0.25) is 4.79 Å². The molecule has 0 spiro atoms. The van der Waals surface area contributed by atoms with Crippen LogP contribution in [0.5, 0.6) is 0 Å². The van der Waals surface area contributed by atoms with Crippen molar-refractivity contribution in [2.24, 2.45) is 0 Å². The molecule has 1 fully saturated rings. The topological polar surface area (TPSA) is 74.7 Å². The number of thiophene rings is 1. The predicted molar refractivity (Wildman–Crippen MR) is 76.1 cm³/mol. The zero-order chi connectivity index (χ0) is 14.2. The van der Waals surface area contributed by atoms with Crippen LogP contribution in [0.3, 0.4) is 0 Å². The van der Waals surface area contributed by atoms with Crippen LogP contribution in [0, 0.1) is 0 Å². The molecule has 1 N–H and O–H groups in total. The fraction of sp³-hybridized carbons (Fsp3) is 0.545. The zero-order valence-electron chi connectivity index (χ0n) is 10.6. The normalized spacial score (nSPS) is 24.7. The summed E-state index contributed by atoms with van der Waals surface area (Å²) in [5, 5.41) is 8.80. The molecule has 0 amide bonds. The molecule has 1 aromatic rings. The van der Waals surface area contributed by atoms with Crippen molar-refractivity contribution in [2.45, 2.75) is 35.9 Å². The molecule has 19 heavy (non-hydrogen) atoms. The van der Waals surface area contributed by atoms with E-state index in [2.05, 4.69) is 0 Å². The van der Waals surface area contributed by atoms with Crippen molar-refractivity contribution in [1.82, 2.24) is 4.31 Å². The highest BCUT2D eigenvalue weighted by atomic mass is 32.2. The lowest BCUT2D eigenvalue weighted by atomic mass is 10.3. The van der Waals surface area contributed by atoms with Crippen LogP contribution in [0.15, 0.2) is 16.3 Å². The van der Waals surface area contributed by atoms with Gasteiger partial charge in [0.25, 0.3) is 10.0 Å². The van der Waals surface area contributed by atoms with Gasteiger partial charge in [-0.2, -0.15) is 4.31 Å². The summed E-state index contributed by atoms with van der Waals surface area (Å²) >= 11 is 2.56. The first kappa shape index (κ1) is 14.8. The molecule has 2 atom stereocenters. The number of thioether (sulfide) groups is 1. The maximum Gasteiger partial charge on any atom is 0.322 e. The lowest BCUT2D eigenvalue weighted by Gasteiger charge is -2.23. The Bertz CT molecular complexity index is 581. The van der Waals surface area contributed by atoms with E-state index in [9.17, 15) is 13.2 Å². The van der Waals surface area contributed by atoms with E-state index in [1.807, 2.05) is 6.92 Å². The summed E-state index contributed by atoms with van der Waals surface area (Å²) in [6, 6.07) is 2.37. The molecule has 1 aliphatic rings. The van der Waals surface area contributed by atoms with Crippen LogP contribution in [0.25, 0.3) is 0 Å². The van der Waals surface area contributed by atoms with Crippen molar-refractivity contribution < 1.29 is 18.3 Å². The predicted octanol–water partition coefficient (Wildman–Crippen LogP) is 1.85. The second kappa shape index (κ2) is 5.43. The van der Waals surface area contributed by atoms with Gasteiger partial charge in [0, 0.05) is 10.6 Å². The van der Waals surface area contributed by atoms with E-state index in [1.165, 1.54) is 23.1 Å². The molecule has 0 bridgehead atoms. The standard InChI is InChI=1S/C11H15NO4S3/c1-3-8-4-5-10(18-8)19(15,16)12-7(2)17-6-9(12)11(13)14/h4-5,7,9H,3,6H2,1-2H3,(H,13,14). The highest BCUT2D eigenvalue weighted by Crippen LogP contribution is 2.36. The maximum atomic E-state index is 12.5. The summed E-state index contributed by atoms with van der Waals surface area (Å²) in [5.41, 5.74) is 0. The Morgan fingerprint density at radius 2 is 2.21 bits per heavy atom. The third-order valence-corrected chi connectivity index (χ3v) is 7.99. The first-order valence-corrected chi connectivity index (χ1v) is 9.15. The third kappa shape index (κ3) is 2.67. The molecule has 106 valence electrons. The van der Waals surface area contributed by atoms with Gasteiger partial charge in [-0.15, -0.1) is 23.1 Å². The minimum Gasteiger partial charge on any atom is -0.480 e. The van der Waals surface area contributed by atoms with E-state index < -0.39 is 22.0 Å². The number of aryl methyl sites for hydroxylation is 1. The number of hydrogen-bond acceptors (Lipinski definition) is 5. The minimum absolute atomic E-state index is 0.227. The number of sulfonamides is 1. The van der Waals surface area contributed by atoms with Crippen LogP contribution in [0.2, 0.25) is 0 Å². The molecule has 0 aliphatic carbocycles. The number of carbonyl (C=O) groups is 1. The molecule has 2 unspecified atom stereocenters. The number of carboxylic acids is 1. The monoisotopic (exact) mass is 321 g/mol. The van der Waals surface area contributed by atoms with Crippen LogP contribution < -0.4 is 0 Å². The van der Waals surface area contributed by atoms with Crippen molar-refractivity contribution in [3.8, 4) is 0 Å². The van der Waals surface area contributed by atoms with Crippen LogP contribution in [0.4, 0.5) is 0 Å². The van der Waals surface area contributed by atoms with E-state index in [0.29, 0.717) is 5.75 Å². The van der Waals surface area contributed by atoms with Crippen LogP contribution >= 0.6 is 23.1 Å². The molecule has 0 aromatic carbocycles. The second-order valence-electron chi connectivity index (χ2n) is 4.20. The maximum absolute atomic E-state index is 12.5. The van der Waals surface area contributed by atoms with Crippen molar-refractivity contribution in [3.63, 3.8) is 0 Å². The quantitative estimate of drug-likeness (QED) is 0.916. The lowest BCUT2D eigenvalue weighted by Crippen LogP contribution is -2.44. The Morgan fingerprint density at radius 1 is 1.53 bits per heavy atom. The number of nitrogens with zero attached hydrogens (tertiary/aromatic N) is 1. The average molecular weight is 321 g/mol. The van der Waals surface area contributed by atoms with Gasteiger partial charge in [0.15, 0.2) is 0 Å². The molecule has 2 heterocycles. The molecule has 1 aliphatic heterocycles. The summed E-state index contributed by atoms with van der Waals surface area (Å²) in [7, 11) is -3.72. The number of hydrogen-bond donors (Lipinski definition) is 1. The first-order chi connectivity index (χ1) is 8.87. The van der Waals surface area contributed by atoms with E-state index >= 15 is 0 Å². The Labute approximate surface area is 120 Å². The van der Waals surface area contributed by atoms with Crippen molar-refractivity contribution >= 4 is 39.1 Å². The Kier molecular flexibility index (Phi) is 4.24. The summed E-state index contributed by atoms with van der Waals surface area (Å²) in [4.78, 5) is 12.2. The van der Waals surface area contributed by atoms with Crippen LogP contribution in [0.1, 0.15) is 18.7 Å². The summed E-state index contributed by atoms with van der Waals surface area (Å²) < 4.78 is 26.4. The van der Waals surface area contributed by atoms with Gasteiger partial charge < -0.3 is 5.11 Å². The van der Waals surface area contributed by atoms with Crippen molar-refractivity contribution in [1.29, 1.82) is 0 Å². The van der Waals surface area contributed by atoms with Crippen molar-refractivity contribution in [2.75, 3.05) is 5.75 Å². The van der Waals surface area contributed by atoms with Gasteiger partial charge in [-0.25, -0.2) is 8.42 Å².